The summed E-state index contributed by atoms with van der Waals surface area (Å²) in [6.07, 6.45) is 0. The first-order chi connectivity index (χ1) is 3.83. The zero-order chi connectivity index (χ0) is 7.41. The third-order valence-corrected chi connectivity index (χ3v) is 0. The van der Waals surface area contributed by atoms with Crippen molar-refractivity contribution < 1.29 is 17.6 Å². The van der Waals surface area contributed by atoms with Gasteiger partial charge in [-0.25, -0.2) is 8.78 Å². The normalized spacial score (nSPS) is 4.20. The first kappa shape index (κ1) is 33.2. The van der Waals surface area contributed by atoms with Crippen molar-refractivity contribution >= 4 is 0 Å². The number of hydrogen-bond donors (Lipinski definition) is 0. The van der Waals surface area contributed by atoms with E-state index in [9.17, 15) is 17.6 Å². The van der Waals surface area contributed by atoms with Gasteiger partial charge in [0, 0.05) is 0 Å². The summed E-state index contributed by atoms with van der Waals surface area (Å²) in [7, 11) is 0.500. The Balaban J connectivity index is -0.0000000116. The molecule has 0 rings (SSSR count). The van der Waals surface area contributed by atoms with Gasteiger partial charge in [-0.2, -0.15) is 0 Å². The van der Waals surface area contributed by atoms with Crippen LogP contribution in [-0.2, 0) is 0 Å². The first-order valence-corrected chi connectivity index (χ1v) is 1.89. The van der Waals surface area contributed by atoms with Gasteiger partial charge in [0.05, 0.1) is 13.9 Å². The highest BCUT2D eigenvalue weighted by Crippen LogP contribution is 1.56. The molecule has 0 saturated carbocycles. The third-order valence-electron chi connectivity index (χ3n) is 0. The molecule has 0 bridgehead atoms. The van der Waals surface area contributed by atoms with Crippen molar-refractivity contribution in [3.63, 3.8) is 0 Å². The lowest BCUT2D eigenvalue weighted by Crippen LogP contribution is -1.40. The average Bonchev–Trinajstić information content (AvgIpc) is 1.75. The second-order valence-corrected chi connectivity index (χ2v) is 0.368. The van der Waals surface area contributed by atoms with Crippen LogP contribution in [0.25, 0.3) is 0 Å². The van der Waals surface area contributed by atoms with Crippen LogP contribution in [0.3, 0.4) is 0 Å². The topological polar surface area (TPSA) is 0 Å². The quantitative estimate of drug-likeness (QED) is 0.481. The van der Waals surface area contributed by atoms with Crippen molar-refractivity contribution in [1.82, 2.24) is 0 Å². The molecule has 0 amide bonds. The van der Waals surface area contributed by atoms with Crippen LogP contribution in [0.1, 0.15) is 21.8 Å². The van der Waals surface area contributed by atoms with Crippen molar-refractivity contribution in [2.75, 3.05) is 20.8 Å². The molecule has 0 radical (unpaired) electrons. The molecular weight excluding hydrogens is 148 g/mol. The Kier molecular flexibility index (Phi) is 583. The maximum atomic E-state index is 10.3. The van der Waals surface area contributed by atoms with Crippen LogP contribution in [0.15, 0.2) is 0 Å². The minimum absolute atomic E-state index is 0. The monoisotopic (exact) mass is 166 g/mol. The molecule has 0 aliphatic rings. The SMILES string of the molecule is C.C.CCF.CF.FCF. The van der Waals surface area contributed by atoms with Gasteiger partial charge in [0.15, 0.2) is 0 Å². The molecular formula is C6H18F4. The Hall–Kier alpha value is -0.280. The van der Waals surface area contributed by atoms with E-state index in [1.807, 2.05) is 0 Å². The van der Waals surface area contributed by atoms with Crippen LogP contribution in [0, 0.1) is 0 Å². The largest absolute Gasteiger partial charge is 0.255 e. The van der Waals surface area contributed by atoms with E-state index in [1.165, 1.54) is 6.92 Å². The van der Waals surface area contributed by atoms with Crippen molar-refractivity contribution in [3.05, 3.63) is 0 Å². The Morgan fingerprint density at radius 2 is 0.900 bits per heavy atom. The molecule has 0 N–H and O–H groups in total. The van der Waals surface area contributed by atoms with E-state index in [2.05, 4.69) is 0 Å². The van der Waals surface area contributed by atoms with E-state index in [4.69, 9.17) is 0 Å². The van der Waals surface area contributed by atoms with Gasteiger partial charge in [-0.3, -0.25) is 8.78 Å². The van der Waals surface area contributed by atoms with Crippen molar-refractivity contribution in [1.29, 1.82) is 0 Å². The molecule has 0 aromatic rings. The van der Waals surface area contributed by atoms with Gasteiger partial charge in [0.25, 0.3) is 0 Å². The van der Waals surface area contributed by atoms with E-state index >= 15 is 0 Å². The smallest absolute Gasteiger partial charge is 0.229 e. The molecule has 0 spiro atoms. The van der Waals surface area contributed by atoms with Crippen molar-refractivity contribution in [3.8, 4) is 0 Å². The van der Waals surface area contributed by atoms with Crippen molar-refractivity contribution in [2.45, 2.75) is 21.8 Å². The maximum absolute atomic E-state index is 10.3. The number of halogens is 4. The molecule has 10 heavy (non-hydrogen) atoms. The molecule has 0 unspecified atom stereocenters. The van der Waals surface area contributed by atoms with Crippen LogP contribution in [0.2, 0.25) is 0 Å². The summed E-state index contributed by atoms with van der Waals surface area (Å²) in [5.74, 6) is 0. The van der Waals surface area contributed by atoms with Crippen LogP contribution in [0.5, 0.6) is 0 Å². The highest BCUT2D eigenvalue weighted by Gasteiger charge is 1.44. The summed E-state index contributed by atoms with van der Waals surface area (Å²) >= 11 is 0. The summed E-state index contributed by atoms with van der Waals surface area (Å²) in [6.45, 7) is -0.542. The molecule has 0 heterocycles. The minimum Gasteiger partial charge on any atom is -0.255 e. The summed E-state index contributed by atoms with van der Waals surface area (Å²) in [5.41, 5.74) is 0. The van der Waals surface area contributed by atoms with Gasteiger partial charge in [-0.05, 0) is 6.92 Å². The second-order valence-electron chi connectivity index (χ2n) is 0.368. The van der Waals surface area contributed by atoms with E-state index < -0.39 is 6.93 Å². The molecule has 0 aromatic heterocycles. The lowest BCUT2D eigenvalue weighted by molar-refractivity contribution is 0.295. The molecule has 0 fully saturated rings. The van der Waals surface area contributed by atoms with Crippen LogP contribution < -0.4 is 0 Å². The minimum atomic E-state index is -1.75. The highest BCUT2D eigenvalue weighted by atomic mass is 19.3. The summed E-state index contributed by atoms with van der Waals surface area (Å²) in [6, 6.07) is 0. The molecule has 0 aliphatic heterocycles. The molecule has 0 aromatic carbocycles. The van der Waals surface area contributed by atoms with Crippen molar-refractivity contribution in [2.24, 2.45) is 0 Å². The molecule has 0 nitrogen and oxygen atoms in total. The average molecular weight is 166 g/mol. The highest BCUT2D eigenvalue weighted by molar-refractivity contribution is 3.86. The standard InChI is InChI=1S/C2H5F.CH2F2.CH3F.2CH4/c1-2-3;2-1-3;1-2;;/h2H2,1H3;1H2;1H3;2*1H4. The third kappa shape index (κ3) is 4450. The van der Waals surface area contributed by atoms with Gasteiger partial charge in [0.2, 0.25) is 6.93 Å². The Morgan fingerprint density at radius 3 is 0.900 bits per heavy atom. The van der Waals surface area contributed by atoms with E-state index in [-0.39, 0.29) is 21.5 Å². The van der Waals surface area contributed by atoms with Gasteiger partial charge < -0.3 is 0 Å². The Labute approximate surface area is 61.2 Å². The fourth-order valence-corrected chi connectivity index (χ4v) is 0. The van der Waals surface area contributed by atoms with E-state index in [0.29, 0.717) is 7.18 Å². The molecule has 4 heteroatoms. The van der Waals surface area contributed by atoms with Crippen LogP contribution >= 0.6 is 0 Å². The van der Waals surface area contributed by atoms with Crippen LogP contribution in [-0.4, -0.2) is 20.8 Å². The lowest BCUT2D eigenvalue weighted by atomic mass is 10.9. The maximum Gasteiger partial charge on any atom is 0.229 e. The number of alkyl halides is 4. The lowest BCUT2D eigenvalue weighted by Gasteiger charge is -1.45. The fourth-order valence-electron chi connectivity index (χ4n) is 0. The summed E-state index contributed by atoms with van der Waals surface area (Å²) < 4.78 is 39.0. The molecule has 0 saturated heterocycles. The zero-order valence-corrected chi connectivity index (χ0v) is 4.93. The van der Waals surface area contributed by atoms with E-state index in [1.54, 1.807) is 0 Å². The van der Waals surface area contributed by atoms with Gasteiger partial charge in [-0.1, -0.05) is 14.9 Å². The number of hydrogen-bond acceptors (Lipinski definition) is 0. The van der Waals surface area contributed by atoms with Gasteiger partial charge >= 0.3 is 0 Å². The first-order valence-electron chi connectivity index (χ1n) is 1.89. The molecule has 0 aliphatic carbocycles. The molecule has 70 valence electrons. The fraction of sp³-hybridized carbons (Fsp3) is 1.00. The Morgan fingerprint density at radius 1 is 0.900 bits per heavy atom. The summed E-state index contributed by atoms with van der Waals surface area (Å²) in [5, 5.41) is 0. The summed E-state index contributed by atoms with van der Waals surface area (Å²) in [4.78, 5) is 0. The zero-order valence-electron chi connectivity index (χ0n) is 4.93. The van der Waals surface area contributed by atoms with Crippen LogP contribution in [0.4, 0.5) is 17.6 Å². The Bertz CT molecular complexity index is 11.7. The predicted octanol–water partition coefficient (Wildman–Crippen LogP) is 3.72. The second kappa shape index (κ2) is 176. The van der Waals surface area contributed by atoms with E-state index in [0.717, 1.165) is 0 Å². The van der Waals surface area contributed by atoms with Gasteiger partial charge in [-0.15, -0.1) is 0 Å². The number of rotatable bonds is 0. The molecule has 0 atom stereocenters. The van der Waals surface area contributed by atoms with Gasteiger partial charge in [0.1, 0.15) is 0 Å². The predicted molar refractivity (Wildman–Crippen MR) is 39.2 cm³/mol.